The fraction of sp³-hybridized carbons (Fsp3) is 0.385. The molecular weight excluding hydrogens is 226 g/mol. The fourth-order valence-corrected chi connectivity index (χ4v) is 1.91. The average molecular weight is 245 g/mol. The lowest BCUT2D eigenvalue weighted by molar-refractivity contribution is 0.387. The predicted octanol–water partition coefficient (Wildman–Crippen LogP) is 1.48. The van der Waals surface area contributed by atoms with Crippen molar-refractivity contribution in [1.82, 2.24) is 19.4 Å². The maximum Gasteiger partial charge on any atom is 0.132 e. The molecule has 0 amide bonds. The molecular formula is C13H19N5. The lowest BCUT2D eigenvalue weighted by Crippen LogP contribution is -2.15. The topological polar surface area (TPSA) is 60.0 Å². The number of nitrogen functional groups attached to an aromatic ring is 1. The van der Waals surface area contributed by atoms with Crippen LogP contribution in [0.25, 0.3) is 11.3 Å². The van der Waals surface area contributed by atoms with E-state index in [-0.39, 0.29) is 0 Å². The zero-order valence-corrected chi connectivity index (χ0v) is 10.9. The molecule has 0 unspecified atom stereocenters. The van der Waals surface area contributed by atoms with Crippen LogP contribution in [0.2, 0.25) is 0 Å². The molecule has 0 aliphatic carbocycles. The summed E-state index contributed by atoms with van der Waals surface area (Å²) in [5.41, 5.74) is 7.87. The third-order valence-electron chi connectivity index (χ3n) is 2.83. The van der Waals surface area contributed by atoms with Crippen LogP contribution in [0.1, 0.15) is 6.42 Å². The maximum absolute atomic E-state index is 5.90. The minimum atomic E-state index is 0.548. The molecule has 0 aliphatic rings. The summed E-state index contributed by atoms with van der Waals surface area (Å²) in [6.07, 6.45) is 6.46. The summed E-state index contributed by atoms with van der Waals surface area (Å²) in [6, 6.07) is 3.87. The monoisotopic (exact) mass is 245 g/mol. The highest BCUT2D eigenvalue weighted by Gasteiger charge is 2.08. The number of pyridine rings is 1. The Bertz CT molecular complexity index is 504. The molecule has 0 aliphatic heterocycles. The van der Waals surface area contributed by atoms with Crippen LogP contribution >= 0.6 is 0 Å². The average Bonchev–Trinajstić information content (AvgIpc) is 2.77. The van der Waals surface area contributed by atoms with Crippen molar-refractivity contribution in [1.29, 1.82) is 0 Å². The van der Waals surface area contributed by atoms with E-state index in [4.69, 9.17) is 5.73 Å². The summed E-state index contributed by atoms with van der Waals surface area (Å²) in [5.74, 6) is 0.548. The lowest BCUT2D eigenvalue weighted by atomic mass is 10.2. The van der Waals surface area contributed by atoms with Crippen LogP contribution in [0, 0.1) is 0 Å². The number of rotatable bonds is 5. The number of nitrogens with zero attached hydrogens (tertiary/aromatic N) is 4. The highest BCUT2D eigenvalue weighted by Crippen LogP contribution is 2.23. The Morgan fingerprint density at radius 2 is 2.22 bits per heavy atom. The molecule has 0 fully saturated rings. The Balaban J connectivity index is 2.15. The van der Waals surface area contributed by atoms with Gasteiger partial charge in [0.1, 0.15) is 5.82 Å². The van der Waals surface area contributed by atoms with E-state index in [0.29, 0.717) is 5.82 Å². The molecule has 0 radical (unpaired) electrons. The number of aryl methyl sites for hydroxylation is 1. The molecule has 2 N–H and O–H groups in total. The standard InChI is InChI=1S/C13H19N5/c1-17(2)7-4-8-18-10-15-9-12(18)11-5-3-6-16-13(11)14/h3,5-6,9-10H,4,7-8H2,1-2H3,(H2,14,16). The second-order valence-corrected chi connectivity index (χ2v) is 4.57. The SMILES string of the molecule is CN(C)CCCn1cncc1-c1cccnc1N. The summed E-state index contributed by atoms with van der Waals surface area (Å²) >= 11 is 0. The van der Waals surface area contributed by atoms with E-state index >= 15 is 0 Å². The van der Waals surface area contributed by atoms with Crippen molar-refractivity contribution < 1.29 is 0 Å². The van der Waals surface area contributed by atoms with Crippen LogP contribution in [0.15, 0.2) is 30.9 Å². The molecule has 0 aromatic carbocycles. The van der Waals surface area contributed by atoms with Crippen LogP contribution in [0.3, 0.4) is 0 Å². The molecule has 2 aromatic rings. The first-order valence-corrected chi connectivity index (χ1v) is 6.04. The van der Waals surface area contributed by atoms with E-state index in [2.05, 4.69) is 33.5 Å². The zero-order chi connectivity index (χ0) is 13.0. The third-order valence-corrected chi connectivity index (χ3v) is 2.83. The summed E-state index contributed by atoms with van der Waals surface area (Å²) in [6.45, 7) is 1.99. The van der Waals surface area contributed by atoms with Gasteiger partial charge in [0.2, 0.25) is 0 Å². The van der Waals surface area contributed by atoms with Crippen LogP contribution < -0.4 is 5.73 Å². The van der Waals surface area contributed by atoms with Gasteiger partial charge in [-0.25, -0.2) is 9.97 Å². The first kappa shape index (κ1) is 12.6. The third kappa shape index (κ3) is 2.87. The number of nitrogens with two attached hydrogens (primary N) is 1. The van der Waals surface area contributed by atoms with Gasteiger partial charge in [-0.2, -0.15) is 0 Å². The van der Waals surface area contributed by atoms with Gasteiger partial charge < -0.3 is 15.2 Å². The number of anilines is 1. The van der Waals surface area contributed by atoms with Gasteiger partial charge in [-0.15, -0.1) is 0 Å². The van der Waals surface area contributed by atoms with Crippen LogP contribution in [-0.4, -0.2) is 40.1 Å². The van der Waals surface area contributed by atoms with E-state index in [9.17, 15) is 0 Å². The molecule has 2 aromatic heterocycles. The second-order valence-electron chi connectivity index (χ2n) is 4.57. The number of hydrogen-bond donors (Lipinski definition) is 1. The normalized spacial score (nSPS) is 11.1. The summed E-state index contributed by atoms with van der Waals surface area (Å²) in [4.78, 5) is 10.5. The van der Waals surface area contributed by atoms with E-state index < -0.39 is 0 Å². The van der Waals surface area contributed by atoms with Gasteiger partial charge in [0.25, 0.3) is 0 Å². The highest BCUT2D eigenvalue weighted by atomic mass is 15.1. The van der Waals surface area contributed by atoms with Crippen LogP contribution in [0.5, 0.6) is 0 Å². The number of aromatic nitrogens is 3. The van der Waals surface area contributed by atoms with Crippen molar-refractivity contribution in [3.8, 4) is 11.3 Å². The van der Waals surface area contributed by atoms with E-state index in [1.165, 1.54) is 0 Å². The molecule has 5 heteroatoms. The largest absolute Gasteiger partial charge is 0.383 e. The van der Waals surface area contributed by atoms with Crippen molar-refractivity contribution >= 4 is 5.82 Å². The molecule has 96 valence electrons. The summed E-state index contributed by atoms with van der Waals surface area (Å²) < 4.78 is 2.12. The van der Waals surface area contributed by atoms with Gasteiger partial charge in [-0.1, -0.05) is 0 Å². The molecule has 0 atom stereocenters. The van der Waals surface area contributed by atoms with Gasteiger partial charge >= 0.3 is 0 Å². The van der Waals surface area contributed by atoms with Gasteiger partial charge in [0.15, 0.2) is 0 Å². The van der Waals surface area contributed by atoms with Crippen LogP contribution in [0.4, 0.5) is 5.82 Å². The van der Waals surface area contributed by atoms with Crippen molar-refractivity contribution in [2.45, 2.75) is 13.0 Å². The highest BCUT2D eigenvalue weighted by molar-refractivity contribution is 5.70. The minimum Gasteiger partial charge on any atom is -0.383 e. The molecule has 2 heterocycles. The van der Waals surface area contributed by atoms with Gasteiger partial charge in [-0.3, -0.25) is 0 Å². The van der Waals surface area contributed by atoms with E-state index in [0.717, 1.165) is 30.8 Å². The smallest absolute Gasteiger partial charge is 0.132 e. The lowest BCUT2D eigenvalue weighted by Gasteiger charge is -2.12. The molecule has 18 heavy (non-hydrogen) atoms. The summed E-state index contributed by atoms with van der Waals surface area (Å²) in [7, 11) is 4.15. The Morgan fingerprint density at radius 3 is 2.94 bits per heavy atom. The first-order chi connectivity index (χ1) is 8.68. The van der Waals surface area contributed by atoms with Crippen molar-refractivity contribution in [3.05, 3.63) is 30.9 Å². The predicted molar refractivity (Wildman–Crippen MR) is 73.0 cm³/mol. The van der Waals surface area contributed by atoms with E-state index in [1.54, 1.807) is 6.20 Å². The zero-order valence-electron chi connectivity index (χ0n) is 10.9. The van der Waals surface area contributed by atoms with Gasteiger partial charge in [0.05, 0.1) is 18.2 Å². The molecule has 2 rings (SSSR count). The second kappa shape index (κ2) is 5.64. The Kier molecular flexibility index (Phi) is 3.94. The molecule has 0 bridgehead atoms. The van der Waals surface area contributed by atoms with Gasteiger partial charge in [-0.05, 0) is 39.2 Å². The quantitative estimate of drug-likeness (QED) is 0.866. The Labute approximate surface area is 107 Å². The van der Waals surface area contributed by atoms with Crippen molar-refractivity contribution in [3.63, 3.8) is 0 Å². The van der Waals surface area contributed by atoms with E-state index in [1.807, 2.05) is 24.7 Å². The Hall–Kier alpha value is -1.88. The maximum atomic E-state index is 5.90. The number of hydrogen-bond acceptors (Lipinski definition) is 4. The van der Waals surface area contributed by atoms with Crippen LogP contribution in [-0.2, 0) is 6.54 Å². The minimum absolute atomic E-state index is 0.548. The molecule has 0 saturated carbocycles. The Morgan fingerprint density at radius 1 is 1.39 bits per heavy atom. The number of imidazole rings is 1. The van der Waals surface area contributed by atoms with Crippen molar-refractivity contribution in [2.24, 2.45) is 0 Å². The molecule has 0 spiro atoms. The van der Waals surface area contributed by atoms with Crippen molar-refractivity contribution in [2.75, 3.05) is 26.4 Å². The molecule has 5 nitrogen and oxygen atoms in total. The molecule has 0 saturated heterocycles. The van der Waals surface area contributed by atoms with Gasteiger partial charge in [0, 0.05) is 18.3 Å². The first-order valence-electron chi connectivity index (χ1n) is 6.04. The summed E-state index contributed by atoms with van der Waals surface area (Å²) in [5, 5.41) is 0. The fourth-order valence-electron chi connectivity index (χ4n) is 1.91.